The van der Waals surface area contributed by atoms with E-state index in [1.165, 1.54) is 12.1 Å². The van der Waals surface area contributed by atoms with Gasteiger partial charge in [-0.2, -0.15) is 0 Å². The number of halogens is 1. The standard InChI is InChI=1S/C29H31FNO5P/c1-6-36-23(33)16-22(32)29(37(34)35)26-25(19-12-14-21(30)15-13-19)24(17(2)3)28(31-27(26)18(4)5)20-10-8-7-9-11-20/h1,7-15,17-18,22,29,32,37H,16H2,2-5H3,(H,34,35). The first-order valence-corrected chi connectivity index (χ1v) is 13.4. The first-order valence-electron chi connectivity index (χ1n) is 12.0. The monoisotopic (exact) mass is 523 g/mol. The van der Waals surface area contributed by atoms with Crippen LogP contribution in [0.15, 0.2) is 54.6 Å². The van der Waals surface area contributed by atoms with Crippen LogP contribution in [0.5, 0.6) is 0 Å². The average molecular weight is 524 g/mol. The highest BCUT2D eigenvalue weighted by molar-refractivity contribution is 7.38. The van der Waals surface area contributed by atoms with Gasteiger partial charge in [-0.1, -0.05) is 76.6 Å². The zero-order valence-electron chi connectivity index (χ0n) is 21.2. The molecule has 3 atom stereocenters. The topological polar surface area (TPSA) is 96.7 Å². The normalized spacial score (nSPS) is 13.7. The zero-order valence-corrected chi connectivity index (χ0v) is 22.2. The molecule has 3 rings (SSSR count). The fourth-order valence-electron chi connectivity index (χ4n) is 4.57. The molecule has 0 saturated heterocycles. The molecule has 0 aliphatic heterocycles. The molecule has 0 fully saturated rings. The number of carbonyl (C=O) groups excluding carboxylic acids is 1. The number of aliphatic hydroxyl groups is 1. The van der Waals surface area contributed by atoms with E-state index in [0.717, 1.165) is 11.1 Å². The van der Waals surface area contributed by atoms with Crippen molar-refractivity contribution in [2.75, 3.05) is 0 Å². The van der Waals surface area contributed by atoms with E-state index in [1.54, 1.807) is 18.2 Å². The molecule has 1 heterocycles. The van der Waals surface area contributed by atoms with Crippen molar-refractivity contribution in [3.8, 4) is 34.9 Å². The molecular formula is C29H31FNO5P. The SMILES string of the molecule is C#COC(=O)CC(O)C(c1c(C(C)C)nc(-c2ccccc2)c(C(C)C)c1-c1ccc(F)cc1)[PH](=O)O. The number of hydrogen-bond donors (Lipinski definition) is 2. The Morgan fingerprint density at radius 1 is 1.03 bits per heavy atom. The molecule has 1 aromatic heterocycles. The van der Waals surface area contributed by atoms with E-state index in [2.05, 4.69) is 4.74 Å². The van der Waals surface area contributed by atoms with Crippen molar-refractivity contribution in [3.05, 3.63) is 77.2 Å². The third kappa shape index (κ3) is 6.34. The van der Waals surface area contributed by atoms with Gasteiger partial charge in [-0.15, -0.1) is 0 Å². The number of aromatic nitrogens is 1. The van der Waals surface area contributed by atoms with Gasteiger partial charge in [-0.05, 0) is 46.2 Å². The molecule has 3 aromatic rings. The van der Waals surface area contributed by atoms with Gasteiger partial charge >= 0.3 is 5.97 Å². The zero-order chi connectivity index (χ0) is 27.3. The van der Waals surface area contributed by atoms with Crippen molar-refractivity contribution in [1.29, 1.82) is 0 Å². The minimum Gasteiger partial charge on any atom is -0.391 e. The number of carbonyl (C=O) groups is 1. The summed E-state index contributed by atoms with van der Waals surface area (Å²) in [7, 11) is -3.47. The van der Waals surface area contributed by atoms with Gasteiger partial charge in [0, 0.05) is 11.3 Å². The first kappa shape index (κ1) is 28.3. The Kier molecular flexibility index (Phi) is 9.39. The minimum absolute atomic E-state index is 0.104. The Bertz CT molecular complexity index is 1320. The molecule has 3 unspecified atom stereocenters. The molecule has 0 spiro atoms. The van der Waals surface area contributed by atoms with Crippen LogP contribution in [0, 0.1) is 18.3 Å². The molecule has 194 valence electrons. The molecule has 2 aromatic carbocycles. The molecule has 0 aliphatic rings. The molecule has 2 N–H and O–H groups in total. The molecule has 0 radical (unpaired) electrons. The molecule has 37 heavy (non-hydrogen) atoms. The predicted octanol–water partition coefficient (Wildman–Crippen LogP) is 6.19. The maximum absolute atomic E-state index is 13.9. The summed E-state index contributed by atoms with van der Waals surface area (Å²) >= 11 is 0. The second kappa shape index (κ2) is 12.3. The van der Waals surface area contributed by atoms with Gasteiger partial charge in [-0.25, -0.2) is 4.39 Å². The van der Waals surface area contributed by atoms with Crippen LogP contribution in [0.4, 0.5) is 4.39 Å². The van der Waals surface area contributed by atoms with Crippen LogP contribution in [0.25, 0.3) is 22.4 Å². The summed E-state index contributed by atoms with van der Waals surface area (Å²) in [6.07, 6.45) is 4.64. The Balaban J connectivity index is 2.48. The quantitative estimate of drug-likeness (QED) is 0.197. The summed E-state index contributed by atoms with van der Waals surface area (Å²) in [5, 5.41) is 11.1. The Morgan fingerprint density at radius 3 is 2.16 bits per heavy atom. The number of nitrogens with zero attached hydrogens (tertiary/aromatic N) is 1. The van der Waals surface area contributed by atoms with Crippen LogP contribution in [0.1, 0.15) is 68.4 Å². The number of pyridine rings is 1. The van der Waals surface area contributed by atoms with Gasteiger partial charge in [0.15, 0.2) is 8.03 Å². The summed E-state index contributed by atoms with van der Waals surface area (Å²) in [6.45, 7) is 7.75. The summed E-state index contributed by atoms with van der Waals surface area (Å²) < 4.78 is 31.3. The molecule has 8 heteroatoms. The largest absolute Gasteiger partial charge is 0.391 e. The van der Waals surface area contributed by atoms with E-state index >= 15 is 0 Å². The van der Waals surface area contributed by atoms with Crippen LogP contribution in [0.2, 0.25) is 0 Å². The summed E-state index contributed by atoms with van der Waals surface area (Å²) in [5.41, 5.74) is 3.05. The second-order valence-electron chi connectivity index (χ2n) is 9.41. The average Bonchev–Trinajstić information content (AvgIpc) is 2.84. The van der Waals surface area contributed by atoms with Crippen molar-refractivity contribution in [2.45, 2.75) is 57.7 Å². The lowest BCUT2D eigenvalue weighted by Crippen LogP contribution is -2.24. The molecular weight excluding hydrogens is 492 g/mol. The molecule has 6 nitrogen and oxygen atoms in total. The molecule has 0 aliphatic carbocycles. The van der Waals surface area contributed by atoms with Crippen LogP contribution in [0.3, 0.4) is 0 Å². The molecule has 0 amide bonds. The van der Waals surface area contributed by atoms with E-state index in [1.807, 2.05) is 58.0 Å². The van der Waals surface area contributed by atoms with Crippen molar-refractivity contribution in [1.82, 2.24) is 4.98 Å². The number of aliphatic hydroxyl groups excluding tert-OH is 1. The smallest absolute Gasteiger partial charge is 0.322 e. The van der Waals surface area contributed by atoms with Gasteiger partial charge in [0.25, 0.3) is 0 Å². The maximum Gasteiger partial charge on any atom is 0.322 e. The van der Waals surface area contributed by atoms with Crippen molar-refractivity contribution in [2.24, 2.45) is 0 Å². The highest BCUT2D eigenvalue weighted by Crippen LogP contribution is 2.51. The predicted molar refractivity (Wildman–Crippen MR) is 143 cm³/mol. The van der Waals surface area contributed by atoms with Crippen LogP contribution in [-0.4, -0.2) is 27.1 Å². The van der Waals surface area contributed by atoms with Crippen molar-refractivity contribution in [3.63, 3.8) is 0 Å². The van der Waals surface area contributed by atoms with Crippen molar-refractivity contribution < 1.29 is 28.5 Å². The summed E-state index contributed by atoms with van der Waals surface area (Å²) in [6, 6.07) is 15.4. The lowest BCUT2D eigenvalue weighted by molar-refractivity contribution is -0.139. The third-order valence-electron chi connectivity index (χ3n) is 6.12. The van der Waals surface area contributed by atoms with E-state index in [-0.39, 0.29) is 11.8 Å². The Labute approximate surface area is 217 Å². The Morgan fingerprint density at radius 2 is 1.65 bits per heavy atom. The summed E-state index contributed by atoms with van der Waals surface area (Å²) in [5.74, 6) is -1.64. The van der Waals surface area contributed by atoms with Gasteiger partial charge in [0.05, 0.1) is 23.9 Å². The van der Waals surface area contributed by atoms with E-state index in [0.29, 0.717) is 28.1 Å². The fraction of sp³-hybridized carbons (Fsp3) is 0.310. The minimum atomic E-state index is -3.47. The Hall–Kier alpha value is -3.30. The molecule has 0 bridgehead atoms. The first-order chi connectivity index (χ1) is 17.6. The highest BCUT2D eigenvalue weighted by Gasteiger charge is 2.36. The van der Waals surface area contributed by atoms with Gasteiger partial charge < -0.3 is 14.7 Å². The van der Waals surface area contributed by atoms with Gasteiger partial charge in [-0.3, -0.25) is 14.3 Å². The third-order valence-corrected chi connectivity index (χ3v) is 7.32. The lowest BCUT2D eigenvalue weighted by Gasteiger charge is -2.30. The van der Waals surface area contributed by atoms with E-state index in [9.17, 15) is 23.7 Å². The number of benzene rings is 2. The second-order valence-corrected chi connectivity index (χ2v) is 10.7. The summed E-state index contributed by atoms with van der Waals surface area (Å²) in [4.78, 5) is 27.6. The van der Waals surface area contributed by atoms with Crippen LogP contribution in [-0.2, 0) is 14.1 Å². The van der Waals surface area contributed by atoms with Crippen molar-refractivity contribution >= 4 is 14.0 Å². The van der Waals surface area contributed by atoms with E-state index < -0.39 is 38.0 Å². The number of ether oxygens (including phenoxy) is 1. The van der Waals surface area contributed by atoms with Gasteiger partial charge in [0.2, 0.25) is 0 Å². The highest BCUT2D eigenvalue weighted by atomic mass is 31.1. The number of rotatable bonds is 9. The lowest BCUT2D eigenvalue weighted by atomic mass is 9.81. The number of terminal acetylenes is 1. The number of hydrogen-bond acceptors (Lipinski definition) is 5. The number of esters is 1. The maximum atomic E-state index is 13.9. The van der Waals surface area contributed by atoms with Crippen LogP contribution < -0.4 is 0 Å². The molecule has 0 saturated carbocycles. The van der Waals surface area contributed by atoms with Gasteiger partial charge in [0.1, 0.15) is 11.9 Å². The fourth-order valence-corrected chi connectivity index (χ4v) is 5.56. The van der Waals surface area contributed by atoms with E-state index in [4.69, 9.17) is 11.4 Å². The van der Waals surface area contributed by atoms with Crippen LogP contribution >= 0.6 is 8.03 Å².